The highest BCUT2D eigenvalue weighted by molar-refractivity contribution is 5.84. The van der Waals surface area contributed by atoms with Gasteiger partial charge in [0, 0.05) is 19.7 Å². The number of H-pyrrole nitrogens is 1. The normalized spacial score (nSPS) is 11.4. The molecule has 32 heavy (non-hydrogen) atoms. The van der Waals surface area contributed by atoms with Crippen molar-refractivity contribution in [3.63, 3.8) is 0 Å². The fraction of sp³-hybridized carbons (Fsp3) is 0.333. The van der Waals surface area contributed by atoms with Crippen molar-refractivity contribution in [1.29, 1.82) is 5.26 Å². The van der Waals surface area contributed by atoms with Gasteiger partial charge in [0.2, 0.25) is 5.91 Å². The number of carbonyl (C=O) groups is 1. The van der Waals surface area contributed by atoms with Crippen LogP contribution in [0, 0.1) is 11.3 Å². The summed E-state index contributed by atoms with van der Waals surface area (Å²) in [4.78, 5) is 24.7. The van der Waals surface area contributed by atoms with Crippen LogP contribution < -0.4 is 10.1 Å². The van der Waals surface area contributed by atoms with Crippen molar-refractivity contribution in [1.82, 2.24) is 25.2 Å². The number of nitrogens with one attached hydrogen (secondary N) is 2. The highest BCUT2D eigenvalue weighted by atomic mass is 19.4. The van der Waals surface area contributed by atoms with Gasteiger partial charge in [-0.3, -0.25) is 4.79 Å². The van der Waals surface area contributed by atoms with Crippen molar-refractivity contribution in [2.45, 2.75) is 19.6 Å². The molecule has 0 aliphatic carbocycles. The summed E-state index contributed by atoms with van der Waals surface area (Å²) in [7, 11) is 3.28. The summed E-state index contributed by atoms with van der Waals surface area (Å²) in [6.07, 6.45) is -4.61. The largest absolute Gasteiger partial charge is 0.493 e. The van der Waals surface area contributed by atoms with Gasteiger partial charge in [-0.2, -0.15) is 18.4 Å². The van der Waals surface area contributed by atoms with Crippen molar-refractivity contribution >= 4 is 16.9 Å². The maximum absolute atomic E-state index is 13.5. The van der Waals surface area contributed by atoms with Crippen LogP contribution in [0.2, 0.25) is 0 Å². The number of nitrogens with zero attached hydrogens (tertiary/aromatic N) is 4. The van der Waals surface area contributed by atoms with Gasteiger partial charge in [-0.1, -0.05) is 0 Å². The van der Waals surface area contributed by atoms with Crippen LogP contribution in [0.25, 0.3) is 22.3 Å². The number of aromatic amines is 1. The van der Waals surface area contributed by atoms with Crippen LogP contribution in [-0.4, -0.2) is 53.0 Å². The Bertz CT molecular complexity index is 1180. The maximum atomic E-state index is 13.5. The van der Waals surface area contributed by atoms with Crippen LogP contribution in [-0.2, 0) is 17.5 Å². The Morgan fingerprint density at radius 3 is 2.66 bits per heavy atom. The van der Waals surface area contributed by atoms with Gasteiger partial charge >= 0.3 is 6.18 Å². The highest BCUT2D eigenvalue weighted by Gasteiger charge is 2.35. The molecule has 2 N–H and O–H groups in total. The number of carbonyl (C=O) groups excluding carboxylic acids is 1. The molecule has 0 aliphatic heterocycles. The molecule has 0 saturated heterocycles. The number of ether oxygens (including phenoxy) is 1. The Kier molecular flexibility index (Phi) is 6.64. The minimum atomic E-state index is -4.61. The number of rotatable bonds is 7. The third kappa shape index (κ3) is 4.97. The van der Waals surface area contributed by atoms with Crippen molar-refractivity contribution in [3.05, 3.63) is 41.3 Å². The lowest BCUT2D eigenvalue weighted by Gasteiger charge is -2.14. The molecule has 0 unspecified atom stereocenters. The van der Waals surface area contributed by atoms with Crippen LogP contribution in [0.3, 0.4) is 0 Å². The van der Waals surface area contributed by atoms with E-state index >= 15 is 0 Å². The molecular weight excluding hydrogens is 425 g/mol. The highest BCUT2D eigenvalue weighted by Crippen LogP contribution is 2.39. The van der Waals surface area contributed by atoms with E-state index in [1.54, 1.807) is 21.0 Å². The summed E-state index contributed by atoms with van der Waals surface area (Å²) >= 11 is 0. The number of halogens is 3. The molecule has 168 valence electrons. The molecule has 1 amide bonds. The van der Waals surface area contributed by atoms with Gasteiger partial charge < -0.3 is 19.9 Å². The molecule has 0 atom stereocenters. The number of likely N-dealkylation sites (N-methyl/N-ethyl adjacent to an activating group) is 1. The smallest absolute Gasteiger partial charge is 0.419 e. The number of fused-ring (bicyclic) bond motifs is 1. The molecule has 0 fully saturated rings. The van der Waals surface area contributed by atoms with Crippen molar-refractivity contribution in [2.75, 3.05) is 27.2 Å². The number of hydrogen-bond acceptors (Lipinski definition) is 6. The molecule has 2 heterocycles. The number of alkyl halides is 3. The van der Waals surface area contributed by atoms with Gasteiger partial charge in [0.25, 0.3) is 0 Å². The molecule has 0 radical (unpaired) electrons. The first kappa shape index (κ1) is 23.0. The lowest BCUT2D eigenvalue weighted by Crippen LogP contribution is -2.32. The monoisotopic (exact) mass is 446 g/mol. The molecule has 1 aromatic carbocycles. The van der Waals surface area contributed by atoms with Crippen LogP contribution in [0.5, 0.6) is 5.75 Å². The van der Waals surface area contributed by atoms with Gasteiger partial charge in [-0.25, -0.2) is 9.97 Å². The molecule has 11 heteroatoms. The van der Waals surface area contributed by atoms with Gasteiger partial charge in [-0.15, -0.1) is 0 Å². The van der Waals surface area contributed by atoms with E-state index in [0.717, 1.165) is 6.07 Å². The fourth-order valence-electron chi connectivity index (χ4n) is 3.01. The number of benzene rings is 1. The molecule has 3 aromatic rings. The van der Waals surface area contributed by atoms with Gasteiger partial charge in [0.1, 0.15) is 23.2 Å². The number of hydrogen-bond donors (Lipinski definition) is 2. The van der Waals surface area contributed by atoms with E-state index in [0.29, 0.717) is 16.9 Å². The molecular formula is C21H21F3N6O2. The van der Waals surface area contributed by atoms with E-state index in [-0.39, 0.29) is 48.3 Å². The van der Waals surface area contributed by atoms with E-state index < -0.39 is 11.7 Å². The second-order valence-electron chi connectivity index (χ2n) is 7.08. The zero-order valence-corrected chi connectivity index (χ0v) is 17.7. The van der Waals surface area contributed by atoms with E-state index in [1.807, 2.05) is 6.07 Å². The topological polar surface area (TPSA) is 107 Å². The Morgan fingerprint density at radius 1 is 1.28 bits per heavy atom. The SMILES string of the molecule is CCOc1ccc(-c2cc3[nH]c(CNCC(=O)N(C)C)nc3c(C#N)n2)cc1C(F)(F)F. The number of imidazole rings is 1. The Balaban J connectivity index is 1.96. The minimum Gasteiger partial charge on any atom is -0.493 e. The lowest BCUT2D eigenvalue weighted by atomic mass is 10.1. The van der Waals surface area contributed by atoms with Crippen LogP contribution in [0.15, 0.2) is 24.3 Å². The van der Waals surface area contributed by atoms with E-state index in [1.165, 1.54) is 23.1 Å². The Morgan fingerprint density at radius 2 is 2.03 bits per heavy atom. The molecule has 8 nitrogen and oxygen atoms in total. The summed E-state index contributed by atoms with van der Waals surface area (Å²) < 4.78 is 45.6. The zero-order valence-electron chi connectivity index (χ0n) is 17.7. The predicted molar refractivity (Wildman–Crippen MR) is 111 cm³/mol. The molecule has 0 aliphatic rings. The van der Waals surface area contributed by atoms with Gasteiger partial charge in [0.05, 0.1) is 36.5 Å². The fourth-order valence-corrected chi connectivity index (χ4v) is 3.01. The number of amides is 1. The second-order valence-corrected chi connectivity index (χ2v) is 7.08. The summed E-state index contributed by atoms with van der Waals surface area (Å²) in [6.45, 7) is 2.03. The minimum absolute atomic E-state index is 0.0215. The lowest BCUT2D eigenvalue weighted by molar-refractivity contribution is -0.138. The van der Waals surface area contributed by atoms with Crippen LogP contribution in [0.1, 0.15) is 24.0 Å². The summed E-state index contributed by atoms with van der Waals surface area (Å²) in [5.41, 5.74) is 0.182. The zero-order chi connectivity index (χ0) is 23.5. The first-order valence-electron chi connectivity index (χ1n) is 9.69. The quantitative estimate of drug-likeness (QED) is 0.578. The standard InChI is InChI=1S/C21H21F3N6O2/c1-4-32-17-6-5-12(7-13(17)21(22,23)24)14-8-15-20(16(9-25)27-14)29-18(28-15)10-26-11-19(31)30(2)3/h5-8,26H,4,10-11H2,1-3H3,(H,28,29). The average molecular weight is 446 g/mol. The maximum Gasteiger partial charge on any atom is 0.419 e. The second kappa shape index (κ2) is 9.23. The number of aromatic nitrogens is 3. The Hall–Kier alpha value is -3.65. The van der Waals surface area contributed by atoms with Crippen LogP contribution >= 0.6 is 0 Å². The predicted octanol–water partition coefficient (Wildman–Crippen LogP) is 3.09. The first-order chi connectivity index (χ1) is 15.1. The average Bonchev–Trinajstić information content (AvgIpc) is 3.15. The summed E-state index contributed by atoms with van der Waals surface area (Å²) in [5.74, 6) is 0.0796. The third-order valence-corrected chi connectivity index (χ3v) is 4.57. The van der Waals surface area contributed by atoms with Crippen molar-refractivity contribution < 1.29 is 22.7 Å². The summed E-state index contributed by atoms with van der Waals surface area (Å²) in [5, 5.41) is 12.4. The molecule has 0 saturated carbocycles. The van der Waals surface area contributed by atoms with Crippen molar-refractivity contribution in [2.24, 2.45) is 0 Å². The molecule has 0 bridgehead atoms. The number of nitriles is 1. The van der Waals surface area contributed by atoms with Gasteiger partial charge in [0.15, 0.2) is 5.69 Å². The number of pyridine rings is 1. The first-order valence-corrected chi connectivity index (χ1v) is 9.69. The van der Waals surface area contributed by atoms with Crippen molar-refractivity contribution in [3.8, 4) is 23.1 Å². The Labute approximate surface area is 182 Å². The van der Waals surface area contributed by atoms with E-state index in [2.05, 4.69) is 20.3 Å². The molecule has 0 spiro atoms. The molecule has 3 rings (SSSR count). The molecule has 2 aromatic heterocycles. The van der Waals surface area contributed by atoms with Gasteiger partial charge in [-0.05, 0) is 31.2 Å². The summed E-state index contributed by atoms with van der Waals surface area (Å²) in [6, 6.07) is 7.12. The van der Waals surface area contributed by atoms with E-state index in [4.69, 9.17) is 4.74 Å². The van der Waals surface area contributed by atoms with Crippen LogP contribution in [0.4, 0.5) is 13.2 Å². The van der Waals surface area contributed by atoms with E-state index in [9.17, 15) is 23.2 Å². The third-order valence-electron chi connectivity index (χ3n) is 4.57.